The SMILES string of the molecule is COC(=O)c1cc(C)c(C2CCN(Cc3cc4c(Br)ccnc4n3C)CC2)c(F)c1. The molecule has 1 aliphatic rings. The van der Waals surface area contributed by atoms with Crippen LogP contribution in [0.5, 0.6) is 0 Å². The molecule has 0 amide bonds. The Morgan fingerprint density at radius 1 is 1.30 bits per heavy atom. The lowest BCUT2D eigenvalue weighted by molar-refractivity contribution is 0.0600. The van der Waals surface area contributed by atoms with Crippen molar-refractivity contribution in [3.63, 3.8) is 0 Å². The van der Waals surface area contributed by atoms with E-state index in [0.29, 0.717) is 0 Å². The average Bonchev–Trinajstić information content (AvgIpc) is 3.05. The van der Waals surface area contributed by atoms with Crippen LogP contribution in [0.2, 0.25) is 0 Å². The third-order valence-electron chi connectivity index (χ3n) is 6.11. The molecule has 0 N–H and O–H groups in total. The first-order valence-electron chi connectivity index (χ1n) is 10.1. The standard InChI is InChI=1S/C23H25BrFN3O2/c1-14-10-16(23(29)30-3)11-20(25)21(14)15-5-8-28(9-6-15)13-17-12-18-19(24)4-7-26-22(18)27(17)2/h4,7,10-12,15H,5-6,8-9,13H2,1-3H3. The number of nitrogens with zero attached hydrogens (tertiary/aromatic N) is 3. The summed E-state index contributed by atoms with van der Waals surface area (Å²) in [5.41, 5.74) is 4.01. The summed E-state index contributed by atoms with van der Waals surface area (Å²) in [4.78, 5) is 18.6. The maximum Gasteiger partial charge on any atom is 0.337 e. The highest BCUT2D eigenvalue weighted by Gasteiger charge is 2.26. The van der Waals surface area contributed by atoms with Crippen LogP contribution < -0.4 is 0 Å². The number of rotatable bonds is 4. The molecule has 5 nitrogen and oxygen atoms in total. The molecule has 158 valence electrons. The van der Waals surface area contributed by atoms with E-state index in [1.165, 1.54) is 18.9 Å². The van der Waals surface area contributed by atoms with Gasteiger partial charge in [0.2, 0.25) is 0 Å². The van der Waals surface area contributed by atoms with Gasteiger partial charge in [0.25, 0.3) is 0 Å². The van der Waals surface area contributed by atoms with Gasteiger partial charge in [0, 0.05) is 35.3 Å². The van der Waals surface area contributed by atoms with Gasteiger partial charge in [-0.05, 0) is 90.1 Å². The Hall–Kier alpha value is -2.25. The predicted molar refractivity (Wildman–Crippen MR) is 118 cm³/mol. The third-order valence-corrected chi connectivity index (χ3v) is 6.81. The van der Waals surface area contributed by atoms with Crippen LogP contribution in [0, 0.1) is 12.7 Å². The van der Waals surface area contributed by atoms with E-state index in [4.69, 9.17) is 4.74 Å². The van der Waals surface area contributed by atoms with E-state index in [1.54, 1.807) is 6.07 Å². The number of hydrogen-bond acceptors (Lipinski definition) is 4. The van der Waals surface area contributed by atoms with Gasteiger partial charge >= 0.3 is 5.97 Å². The summed E-state index contributed by atoms with van der Waals surface area (Å²) in [6, 6.07) is 7.19. The summed E-state index contributed by atoms with van der Waals surface area (Å²) >= 11 is 3.60. The van der Waals surface area contributed by atoms with Gasteiger partial charge in [-0.25, -0.2) is 14.2 Å². The van der Waals surface area contributed by atoms with E-state index in [0.717, 1.165) is 59.1 Å². The largest absolute Gasteiger partial charge is 0.465 e. The number of aromatic nitrogens is 2. The molecule has 30 heavy (non-hydrogen) atoms. The maximum atomic E-state index is 14.8. The van der Waals surface area contributed by atoms with Crippen molar-refractivity contribution in [1.82, 2.24) is 14.5 Å². The fraction of sp³-hybridized carbons (Fsp3) is 0.391. The summed E-state index contributed by atoms with van der Waals surface area (Å²) in [7, 11) is 3.36. The van der Waals surface area contributed by atoms with Crippen molar-refractivity contribution in [3.8, 4) is 0 Å². The Morgan fingerprint density at radius 3 is 2.67 bits per heavy atom. The number of piperidine rings is 1. The molecule has 0 spiro atoms. The Labute approximate surface area is 184 Å². The minimum absolute atomic E-state index is 0.163. The van der Waals surface area contributed by atoms with Gasteiger partial charge in [-0.3, -0.25) is 4.90 Å². The molecule has 3 heterocycles. The molecule has 4 rings (SSSR count). The number of aryl methyl sites for hydroxylation is 2. The minimum Gasteiger partial charge on any atom is -0.465 e. The van der Waals surface area contributed by atoms with Gasteiger partial charge in [0.1, 0.15) is 11.5 Å². The molecule has 7 heteroatoms. The molecule has 3 aromatic rings. The second-order valence-corrected chi connectivity index (χ2v) is 8.81. The van der Waals surface area contributed by atoms with Gasteiger partial charge in [-0.2, -0.15) is 0 Å². The molecular formula is C23H25BrFN3O2. The Bertz CT molecular complexity index is 1080. The van der Waals surface area contributed by atoms with E-state index in [1.807, 2.05) is 26.2 Å². The highest BCUT2D eigenvalue weighted by molar-refractivity contribution is 9.10. The number of pyridine rings is 1. The van der Waals surface area contributed by atoms with Crippen molar-refractivity contribution in [2.45, 2.75) is 32.2 Å². The van der Waals surface area contributed by atoms with E-state index >= 15 is 0 Å². The number of esters is 1. The van der Waals surface area contributed by atoms with Crippen molar-refractivity contribution in [2.75, 3.05) is 20.2 Å². The zero-order valence-corrected chi connectivity index (χ0v) is 19.0. The van der Waals surface area contributed by atoms with Crippen LogP contribution in [0.15, 0.2) is 34.9 Å². The highest BCUT2D eigenvalue weighted by atomic mass is 79.9. The second kappa shape index (κ2) is 8.47. The number of fused-ring (bicyclic) bond motifs is 1. The number of methoxy groups -OCH3 is 1. The molecule has 1 fully saturated rings. The molecule has 0 bridgehead atoms. The molecule has 0 saturated carbocycles. The van der Waals surface area contributed by atoms with Crippen LogP contribution in [0.1, 0.15) is 45.9 Å². The number of ether oxygens (including phenoxy) is 1. The van der Waals surface area contributed by atoms with E-state index < -0.39 is 5.97 Å². The van der Waals surface area contributed by atoms with Crippen molar-refractivity contribution >= 4 is 32.9 Å². The lowest BCUT2D eigenvalue weighted by Crippen LogP contribution is -2.33. The maximum absolute atomic E-state index is 14.8. The van der Waals surface area contributed by atoms with Crippen LogP contribution in [0.4, 0.5) is 4.39 Å². The van der Waals surface area contributed by atoms with Crippen molar-refractivity contribution in [1.29, 1.82) is 0 Å². The minimum atomic E-state index is -0.505. The lowest BCUT2D eigenvalue weighted by atomic mass is 9.85. The number of carbonyl (C=O) groups is 1. The average molecular weight is 474 g/mol. The summed E-state index contributed by atoms with van der Waals surface area (Å²) in [6.07, 6.45) is 3.59. The van der Waals surface area contributed by atoms with Gasteiger partial charge < -0.3 is 9.30 Å². The Morgan fingerprint density at radius 2 is 2.03 bits per heavy atom. The normalized spacial score (nSPS) is 15.6. The molecule has 2 aromatic heterocycles. The monoisotopic (exact) mass is 473 g/mol. The number of likely N-dealkylation sites (tertiary alicyclic amines) is 1. The van der Waals surface area contributed by atoms with Crippen LogP contribution in [-0.2, 0) is 18.3 Å². The fourth-order valence-electron chi connectivity index (χ4n) is 4.51. The van der Waals surface area contributed by atoms with E-state index in [2.05, 4.69) is 36.4 Å². The van der Waals surface area contributed by atoms with Crippen molar-refractivity contribution in [3.05, 3.63) is 63.1 Å². The van der Waals surface area contributed by atoms with Gasteiger partial charge in [0.15, 0.2) is 0 Å². The van der Waals surface area contributed by atoms with E-state index in [9.17, 15) is 9.18 Å². The number of halogens is 2. The first kappa shape index (κ1) is 21.0. The van der Waals surface area contributed by atoms with Crippen molar-refractivity contribution in [2.24, 2.45) is 7.05 Å². The molecule has 1 aromatic carbocycles. The summed E-state index contributed by atoms with van der Waals surface area (Å²) in [5.74, 6) is -0.649. The number of carbonyl (C=O) groups excluding carboxylic acids is 1. The van der Waals surface area contributed by atoms with Crippen molar-refractivity contribution < 1.29 is 13.9 Å². The first-order chi connectivity index (χ1) is 14.4. The summed E-state index contributed by atoms with van der Waals surface area (Å²) in [6.45, 7) is 4.52. The molecule has 0 radical (unpaired) electrons. The molecule has 1 saturated heterocycles. The zero-order valence-electron chi connectivity index (χ0n) is 17.4. The fourth-order valence-corrected chi connectivity index (χ4v) is 4.92. The predicted octanol–water partition coefficient (Wildman–Crippen LogP) is 4.95. The van der Waals surface area contributed by atoms with Crippen LogP contribution >= 0.6 is 15.9 Å². The lowest BCUT2D eigenvalue weighted by Gasteiger charge is -2.33. The third kappa shape index (κ3) is 3.88. The van der Waals surface area contributed by atoms with Crippen LogP contribution in [0.25, 0.3) is 11.0 Å². The molecular weight excluding hydrogens is 449 g/mol. The quantitative estimate of drug-likeness (QED) is 0.503. The molecule has 0 unspecified atom stereocenters. The van der Waals surface area contributed by atoms with Gasteiger partial charge in [0.05, 0.1) is 12.7 Å². The zero-order chi connectivity index (χ0) is 21.4. The van der Waals surface area contributed by atoms with Crippen LogP contribution in [-0.4, -0.2) is 40.6 Å². The summed E-state index contributed by atoms with van der Waals surface area (Å²) in [5, 5.41) is 1.12. The van der Waals surface area contributed by atoms with E-state index in [-0.39, 0.29) is 17.3 Å². The summed E-state index contributed by atoms with van der Waals surface area (Å²) < 4.78 is 22.7. The topological polar surface area (TPSA) is 47.4 Å². The Balaban J connectivity index is 1.47. The molecule has 0 atom stereocenters. The molecule has 1 aliphatic heterocycles. The van der Waals surface area contributed by atoms with Gasteiger partial charge in [-0.1, -0.05) is 0 Å². The smallest absolute Gasteiger partial charge is 0.337 e. The first-order valence-corrected chi connectivity index (χ1v) is 10.9. The Kier molecular flexibility index (Phi) is 5.93. The highest BCUT2D eigenvalue weighted by Crippen LogP contribution is 2.34. The van der Waals surface area contributed by atoms with Gasteiger partial charge in [-0.15, -0.1) is 0 Å². The molecule has 0 aliphatic carbocycles. The number of benzene rings is 1. The van der Waals surface area contributed by atoms with Crippen LogP contribution in [0.3, 0.4) is 0 Å². The number of hydrogen-bond donors (Lipinski definition) is 0. The second-order valence-electron chi connectivity index (χ2n) is 7.96.